The maximum absolute atomic E-state index is 11.9. The molecule has 0 bridgehead atoms. The second kappa shape index (κ2) is 6.41. The van der Waals surface area contributed by atoms with E-state index in [1.54, 1.807) is 0 Å². The Morgan fingerprint density at radius 2 is 2.15 bits per heavy atom. The Bertz CT molecular complexity index is 498. The van der Waals surface area contributed by atoms with Gasteiger partial charge in [-0.15, -0.1) is 0 Å². The minimum atomic E-state index is -0.356. The van der Waals surface area contributed by atoms with E-state index in [4.69, 9.17) is 5.73 Å². The number of nitrogens with one attached hydrogen (secondary N) is 1. The summed E-state index contributed by atoms with van der Waals surface area (Å²) in [5.41, 5.74) is 7.27. The topological polar surface area (TPSA) is 75.4 Å². The zero-order chi connectivity index (χ0) is 14.5. The Morgan fingerprint density at radius 3 is 2.75 bits per heavy atom. The fourth-order valence-corrected chi connectivity index (χ4v) is 2.04. The lowest BCUT2D eigenvalue weighted by Crippen LogP contribution is -2.39. The lowest BCUT2D eigenvalue weighted by Gasteiger charge is -2.24. The molecule has 1 aromatic carbocycles. The number of amides is 2. The zero-order valence-electron chi connectivity index (χ0n) is 11.8. The standard InChI is InChI=1S/C15H21N3O2/c1-11-3-2-4-13(9-11)18(8-7-14(16)19)10-15(20)17-12-5-6-12/h2-4,9,12H,5-8,10H2,1H3,(H2,16,19)(H,17,20). The number of nitrogens with zero attached hydrogens (tertiary/aromatic N) is 1. The summed E-state index contributed by atoms with van der Waals surface area (Å²) < 4.78 is 0. The molecule has 20 heavy (non-hydrogen) atoms. The third-order valence-electron chi connectivity index (χ3n) is 3.27. The summed E-state index contributed by atoms with van der Waals surface area (Å²) in [6, 6.07) is 8.24. The third-order valence-corrected chi connectivity index (χ3v) is 3.27. The average molecular weight is 275 g/mol. The Morgan fingerprint density at radius 1 is 1.40 bits per heavy atom. The molecule has 0 radical (unpaired) electrons. The second-order valence-electron chi connectivity index (χ2n) is 5.32. The van der Waals surface area contributed by atoms with Crippen molar-refractivity contribution in [3.05, 3.63) is 29.8 Å². The van der Waals surface area contributed by atoms with E-state index in [1.165, 1.54) is 0 Å². The molecule has 1 aliphatic rings. The quantitative estimate of drug-likeness (QED) is 0.778. The van der Waals surface area contributed by atoms with Crippen LogP contribution in [-0.2, 0) is 9.59 Å². The van der Waals surface area contributed by atoms with Crippen LogP contribution in [0.2, 0.25) is 0 Å². The van der Waals surface area contributed by atoms with Crippen LogP contribution in [0.5, 0.6) is 0 Å². The summed E-state index contributed by atoms with van der Waals surface area (Å²) in [7, 11) is 0. The molecule has 1 saturated carbocycles. The van der Waals surface area contributed by atoms with Gasteiger partial charge in [-0.2, -0.15) is 0 Å². The van der Waals surface area contributed by atoms with Gasteiger partial charge < -0.3 is 16.0 Å². The summed E-state index contributed by atoms with van der Waals surface area (Å²) in [5.74, 6) is -0.358. The Hall–Kier alpha value is -2.04. The highest BCUT2D eigenvalue weighted by molar-refractivity contribution is 5.82. The summed E-state index contributed by atoms with van der Waals surface area (Å²) in [6.45, 7) is 2.71. The molecular formula is C15H21N3O2. The summed E-state index contributed by atoms with van der Waals surface area (Å²) in [6.07, 6.45) is 2.37. The van der Waals surface area contributed by atoms with Crippen LogP contribution in [0.4, 0.5) is 5.69 Å². The highest BCUT2D eigenvalue weighted by Gasteiger charge is 2.24. The van der Waals surface area contributed by atoms with Gasteiger partial charge >= 0.3 is 0 Å². The van der Waals surface area contributed by atoms with Crippen molar-refractivity contribution < 1.29 is 9.59 Å². The second-order valence-corrected chi connectivity index (χ2v) is 5.32. The van der Waals surface area contributed by atoms with Gasteiger partial charge in [0.1, 0.15) is 0 Å². The smallest absolute Gasteiger partial charge is 0.239 e. The molecule has 2 rings (SSSR count). The normalized spacial score (nSPS) is 13.8. The van der Waals surface area contributed by atoms with Gasteiger partial charge in [0.05, 0.1) is 6.54 Å². The van der Waals surface area contributed by atoms with Crippen LogP contribution in [0, 0.1) is 6.92 Å². The molecule has 0 aliphatic heterocycles. The Labute approximate surface area is 119 Å². The molecule has 1 aliphatic carbocycles. The van der Waals surface area contributed by atoms with E-state index in [0.717, 1.165) is 24.1 Å². The number of hydrogen-bond donors (Lipinski definition) is 2. The molecule has 2 amide bonds. The van der Waals surface area contributed by atoms with Gasteiger partial charge in [0, 0.05) is 24.7 Å². The lowest BCUT2D eigenvalue weighted by atomic mass is 10.2. The number of nitrogens with two attached hydrogens (primary N) is 1. The van der Waals surface area contributed by atoms with Crippen molar-refractivity contribution in [3.63, 3.8) is 0 Å². The van der Waals surface area contributed by atoms with Crippen LogP contribution in [0.3, 0.4) is 0 Å². The number of aryl methyl sites for hydroxylation is 1. The fraction of sp³-hybridized carbons (Fsp3) is 0.467. The van der Waals surface area contributed by atoms with Gasteiger partial charge in [0.2, 0.25) is 11.8 Å². The number of anilines is 1. The molecule has 0 spiro atoms. The highest BCUT2D eigenvalue weighted by atomic mass is 16.2. The first kappa shape index (κ1) is 14.4. The summed E-state index contributed by atoms with van der Waals surface area (Å²) in [5, 5.41) is 2.96. The number of carbonyl (C=O) groups excluding carboxylic acids is 2. The van der Waals surface area contributed by atoms with Gasteiger partial charge in [0.15, 0.2) is 0 Å². The van der Waals surface area contributed by atoms with Crippen LogP contribution < -0.4 is 16.0 Å². The zero-order valence-corrected chi connectivity index (χ0v) is 11.8. The predicted octanol–water partition coefficient (Wildman–Crippen LogP) is 0.955. The molecule has 1 aromatic rings. The van der Waals surface area contributed by atoms with Crippen molar-refractivity contribution in [2.75, 3.05) is 18.0 Å². The number of carbonyl (C=O) groups is 2. The van der Waals surface area contributed by atoms with E-state index in [2.05, 4.69) is 5.32 Å². The maximum Gasteiger partial charge on any atom is 0.239 e. The first-order valence-electron chi connectivity index (χ1n) is 6.94. The monoisotopic (exact) mass is 275 g/mol. The molecule has 0 unspecified atom stereocenters. The highest BCUT2D eigenvalue weighted by Crippen LogP contribution is 2.19. The number of hydrogen-bond acceptors (Lipinski definition) is 3. The molecule has 5 heteroatoms. The van der Waals surface area contributed by atoms with Crippen LogP contribution in [0.25, 0.3) is 0 Å². The molecule has 0 atom stereocenters. The minimum absolute atomic E-state index is 0.00141. The lowest BCUT2D eigenvalue weighted by molar-refractivity contribution is -0.120. The summed E-state index contributed by atoms with van der Waals surface area (Å²) >= 11 is 0. The number of primary amides is 1. The molecule has 0 aromatic heterocycles. The van der Waals surface area contributed by atoms with E-state index >= 15 is 0 Å². The molecule has 108 valence electrons. The average Bonchev–Trinajstić information content (AvgIpc) is 3.18. The first-order valence-corrected chi connectivity index (χ1v) is 6.94. The van der Waals surface area contributed by atoms with Crippen molar-refractivity contribution in [3.8, 4) is 0 Å². The van der Waals surface area contributed by atoms with E-state index in [9.17, 15) is 9.59 Å². The van der Waals surface area contributed by atoms with Crippen molar-refractivity contribution in [1.29, 1.82) is 0 Å². The molecule has 1 fully saturated rings. The van der Waals surface area contributed by atoms with Crippen LogP contribution in [0.15, 0.2) is 24.3 Å². The molecule has 0 saturated heterocycles. The Kier molecular flexibility index (Phi) is 4.61. The van der Waals surface area contributed by atoms with Crippen molar-refractivity contribution in [2.45, 2.75) is 32.2 Å². The number of rotatable bonds is 7. The predicted molar refractivity (Wildman–Crippen MR) is 78.4 cm³/mol. The molecule has 0 heterocycles. The van der Waals surface area contributed by atoms with Crippen molar-refractivity contribution >= 4 is 17.5 Å². The number of benzene rings is 1. The third kappa shape index (κ3) is 4.57. The molecule has 3 N–H and O–H groups in total. The SMILES string of the molecule is Cc1cccc(N(CCC(N)=O)CC(=O)NC2CC2)c1. The van der Waals surface area contributed by atoms with Crippen LogP contribution in [-0.4, -0.2) is 30.9 Å². The van der Waals surface area contributed by atoms with Gasteiger partial charge in [-0.1, -0.05) is 12.1 Å². The van der Waals surface area contributed by atoms with Gasteiger partial charge in [-0.3, -0.25) is 9.59 Å². The summed E-state index contributed by atoms with van der Waals surface area (Å²) in [4.78, 5) is 24.8. The van der Waals surface area contributed by atoms with E-state index in [1.807, 2.05) is 36.1 Å². The Balaban J connectivity index is 2.02. The van der Waals surface area contributed by atoms with Crippen molar-refractivity contribution in [2.24, 2.45) is 5.73 Å². The van der Waals surface area contributed by atoms with E-state index in [0.29, 0.717) is 12.6 Å². The van der Waals surface area contributed by atoms with Crippen molar-refractivity contribution in [1.82, 2.24) is 5.32 Å². The van der Waals surface area contributed by atoms with Gasteiger partial charge in [-0.25, -0.2) is 0 Å². The largest absolute Gasteiger partial charge is 0.370 e. The van der Waals surface area contributed by atoms with Gasteiger partial charge in [0.25, 0.3) is 0 Å². The maximum atomic E-state index is 11.9. The van der Waals surface area contributed by atoms with E-state index < -0.39 is 0 Å². The van der Waals surface area contributed by atoms with E-state index in [-0.39, 0.29) is 24.8 Å². The minimum Gasteiger partial charge on any atom is -0.370 e. The van der Waals surface area contributed by atoms with Gasteiger partial charge in [-0.05, 0) is 37.5 Å². The van der Waals surface area contributed by atoms with Crippen LogP contribution in [0.1, 0.15) is 24.8 Å². The van der Waals surface area contributed by atoms with Crippen LogP contribution >= 0.6 is 0 Å². The molecular weight excluding hydrogens is 254 g/mol. The first-order chi connectivity index (χ1) is 9.54. The molecule has 5 nitrogen and oxygen atoms in total. The fourth-order valence-electron chi connectivity index (χ4n) is 2.04.